The standard InChI is InChI=1S/C21H24N2O7/c1-21(2,3)30-20(26)22(4)13-18(24)14-9-11-15(12-10-14)29-19(25)16-7-5-6-8-17(16)23(27)28/h5-12,18,24H,13H2,1-4H3. The Bertz CT molecular complexity index is 920. The first-order valence-corrected chi connectivity index (χ1v) is 9.15. The number of aliphatic hydroxyl groups is 1. The summed E-state index contributed by atoms with van der Waals surface area (Å²) in [6.45, 7) is 5.25. The molecular formula is C21H24N2O7. The summed E-state index contributed by atoms with van der Waals surface area (Å²) >= 11 is 0. The Labute approximate surface area is 174 Å². The molecule has 1 atom stereocenters. The van der Waals surface area contributed by atoms with Gasteiger partial charge in [-0.25, -0.2) is 9.59 Å². The molecule has 0 aliphatic carbocycles. The number of benzene rings is 2. The zero-order chi connectivity index (χ0) is 22.5. The number of amides is 1. The van der Waals surface area contributed by atoms with E-state index in [1.54, 1.807) is 20.8 Å². The molecule has 0 spiro atoms. The van der Waals surface area contributed by atoms with Crippen LogP contribution in [0.15, 0.2) is 48.5 Å². The fourth-order valence-electron chi connectivity index (χ4n) is 2.50. The van der Waals surface area contributed by atoms with Gasteiger partial charge >= 0.3 is 12.1 Å². The molecule has 0 aliphatic heterocycles. The van der Waals surface area contributed by atoms with Crippen molar-refractivity contribution in [3.05, 3.63) is 69.8 Å². The van der Waals surface area contributed by atoms with Crippen LogP contribution >= 0.6 is 0 Å². The Morgan fingerprint density at radius 3 is 2.30 bits per heavy atom. The van der Waals surface area contributed by atoms with E-state index in [-0.39, 0.29) is 23.5 Å². The number of aliphatic hydroxyl groups excluding tert-OH is 1. The minimum absolute atomic E-state index is 0.00422. The molecule has 0 saturated carbocycles. The van der Waals surface area contributed by atoms with Crippen molar-refractivity contribution in [2.24, 2.45) is 0 Å². The van der Waals surface area contributed by atoms with Crippen LogP contribution in [0.1, 0.15) is 42.8 Å². The molecule has 9 nitrogen and oxygen atoms in total. The summed E-state index contributed by atoms with van der Waals surface area (Å²) < 4.78 is 10.4. The molecule has 30 heavy (non-hydrogen) atoms. The Kier molecular flexibility index (Phi) is 7.12. The molecule has 160 valence electrons. The van der Waals surface area contributed by atoms with Gasteiger partial charge in [0, 0.05) is 13.1 Å². The second-order valence-corrected chi connectivity index (χ2v) is 7.61. The molecule has 0 heterocycles. The molecule has 2 rings (SSSR count). The second kappa shape index (κ2) is 9.36. The highest BCUT2D eigenvalue weighted by atomic mass is 16.6. The van der Waals surface area contributed by atoms with E-state index in [0.29, 0.717) is 5.56 Å². The highest BCUT2D eigenvalue weighted by Crippen LogP contribution is 2.23. The predicted molar refractivity (Wildman–Crippen MR) is 108 cm³/mol. The summed E-state index contributed by atoms with van der Waals surface area (Å²) in [4.78, 5) is 35.9. The number of hydrogen-bond donors (Lipinski definition) is 1. The molecule has 0 bridgehead atoms. The van der Waals surface area contributed by atoms with Gasteiger partial charge in [-0.05, 0) is 44.5 Å². The number of esters is 1. The molecule has 0 saturated heterocycles. The van der Waals surface area contributed by atoms with Crippen molar-refractivity contribution < 1.29 is 29.1 Å². The molecular weight excluding hydrogens is 392 g/mol. The van der Waals surface area contributed by atoms with Gasteiger partial charge in [0.25, 0.3) is 5.69 Å². The largest absolute Gasteiger partial charge is 0.444 e. The van der Waals surface area contributed by atoms with Crippen LogP contribution in [0.2, 0.25) is 0 Å². The average molecular weight is 416 g/mol. The van der Waals surface area contributed by atoms with Gasteiger partial charge in [-0.15, -0.1) is 0 Å². The van der Waals surface area contributed by atoms with Gasteiger partial charge < -0.3 is 19.5 Å². The number of nitro benzene ring substituents is 1. The smallest absolute Gasteiger partial charge is 0.410 e. The fourth-order valence-corrected chi connectivity index (χ4v) is 2.50. The van der Waals surface area contributed by atoms with Gasteiger partial charge in [-0.3, -0.25) is 10.1 Å². The van der Waals surface area contributed by atoms with Crippen LogP contribution < -0.4 is 4.74 Å². The van der Waals surface area contributed by atoms with Crippen LogP contribution in [-0.2, 0) is 4.74 Å². The lowest BCUT2D eigenvalue weighted by Crippen LogP contribution is -2.36. The second-order valence-electron chi connectivity index (χ2n) is 7.61. The van der Waals surface area contributed by atoms with Crippen LogP contribution in [-0.4, -0.2) is 46.2 Å². The first-order valence-electron chi connectivity index (χ1n) is 9.15. The molecule has 0 aromatic heterocycles. The highest BCUT2D eigenvalue weighted by Gasteiger charge is 2.23. The minimum Gasteiger partial charge on any atom is -0.444 e. The van der Waals surface area contributed by atoms with Gasteiger partial charge in [-0.2, -0.15) is 0 Å². The highest BCUT2D eigenvalue weighted by molar-refractivity contribution is 5.95. The Balaban J connectivity index is 2.02. The lowest BCUT2D eigenvalue weighted by Gasteiger charge is -2.26. The van der Waals surface area contributed by atoms with E-state index in [1.807, 2.05) is 0 Å². The predicted octanol–water partition coefficient (Wildman–Crippen LogP) is 3.71. The zero-order valence-corrected chi connectivity index (χ0v) is 17.2. The van der Waals surface area contributed by atoms with E-state index in [2.05, 4.69) is 0 Å². The van der Waals surface area contributed by atoms with E-state index >= 15 is 0 Å². The number of carbonyl (C=O) groups is 2. The number of ether oxygens (including phenoxy) is 2. The molecule has 0 radical (unpaired) electrons. The van der Waals surface area contributed by atoms with Crippen molar-refractivity contribution in [2.75, 3.05) is 13.6 Å². The van der Waals surface area contributed by atoms with Gasteiger partial charge in [0.05, 0.1) is 17.6 Å². The van der Waals surface area contributed by atoms with Crippen molar-refractivity contribution in [1.29, 1.82) is 0 Å². The van der Waals surface area contributed by atoms with Crippen LogP contribution in [0, 0.1) is 10.1 Å². The number of carbonyl (C=O) groups excluding carboxylic acids is 2. The Hall–Kier alpha value is -3.46. The average Bonchev–Trinajstić information content (AvgIpc) is 2.67. The lowest BCUT2D eigenvalue weighted by molar-refractivity contribution is -0.385. The van der Waals surface area contributed by atoms with Gasteiger partial charge in [0.1, 0.15) is 16.9 Å². The molecule has 0 aliphatic rings. The maximum atomic E-state index is 12.3. The number of nitro groups is 1. The van der Waals surface area contributed by atoms with Crippen molar-refractivity contribution in [3.8, 4) is 5.75 Å². The molecule has 9 heteroatoms. The van der Waals surface area contributed by atoms with E-state index in [1.165, 1.54) is 60.5 Å². The van der Waals surface area contributed by atoms with Crippen LogP contribution in [0.4, 0.5) is 10.5 Å². The Morgan fingerprint density at radius 1 is 1.13 bits per heavy atom. The first kappa shape index (κ1) is 22.8. The van der Waals surface area contributed by atoms with Crippen molar-refractivity contribution in [3.63, 3.8) is 0 Å². The molecule has 1 N–H and O–H groups in total. The number of likely N-dealkylation sites (N-methyl/N-ethyl adjacent to an activating group) is 1. The number of para-hydroxylation sites is 1. The minimum atomic E-state index is -0.984. The summed E-state index contributed by atoms with van der Waals surface area (Å²) in [7, 11) is 1.51. The monoisotopic (exact) mass is 416 g/mol. The zero-order valence-electron chi connectivity index (χ0n) is 17.2. The van der Waals surface area contributed by atoms with Crippen molar-refractivity contribution in [1.82, 2.24) is 4.90 Å². The summed E-state index contributed by atoms with van der Waals surface area (Å²) in [6.07, 6.45) is -1.54. The molecule has 0 fully saturated rings. The normalized spacial score (nSPS) is 12.0. The molecule has 1 unspecified atom stereocenters. The lowest BCUT2D eigenvalue weighted by atomic mass is 10.1. The quantitative estimate of drug-likeness (QED) is 0.330. The van der Waals surface area contributed by atoms with Gasteiger partial charge in [-0.1, -0.05) is 24.3 Å². The SMILES string of the molecule is CN(CC(O)c1ccc(OC(=O)c2ccccc2[N+](=O)[O-])cc1)C(=O)OC(C)(C)C. The maximum Gasteiger partial charge on any atom is 0.410 e. The number of rotatable bonds is 6. The van der Waals surface area contributed by atoms with Crippen LogP contribution in [0.25, 0.3) is 0 Å². The van der Waals surface area contributed by atoms with E-state index in [9.17, 15) is 24.8 Å². The fraction of sp³-hybridized carbons (Fsp3) is 0.333. The maximum absolute atomic E-state index is 12.3. The van der Waals surface area contributed by atoms with E-state index in [0.717, 1.165) is 0 Å². The van der Waals surface area contributed by atoms with Gasteiger partial charge in [0.2, 0.25) is 0 Å². The van der Waals surface area contributed by atoms with E-state index in [4.69, 9.17) is 9.47 Å². The molecule has 1 amide bonds. The van der Waals surface area contributed by atoms with Crippen LogP contribution in [0.3, 0.4) is 0 Å². The Morgan fingerprint density at radius 2 is 1.73 bits per heavy atom. The van der Waals surface area contributed by atoms with Gasteiger partial charge in [0.15, 0.2) is 0 Å². The van der Waals surface area contributed by atoms with Crippen molar-refractivity contribution >= 4 is 17.7 Å². The number of nitrogens with zero attached hydrogens (tertiary/aromatic N) is 2. The van der Waals surface area contributed by atoms with Crippen LogP contribution in [0.5, 0.6) is 5.75 Å². The first-order chi connectivity index (χ1) is 14.0. The summed E-state index contributed by atoms with van der Waals surface area (Å²) in [5, 5.41) is 21.4. The summed E-state index contributed by atoms with van der Waals surface area (Å²) in [5.41, 5.74) is -0.656. The third-order valence-corrected chi connectivity index (χ3v) is 3.95. The third kappa shape index (κ3) is 6.28. The summed E-state index contributed by atoms with van der Waals surface area (Å²) in [6, 6.07) is 11.5. The summed E-state index contributed by atoms with van der Waals surface area (Å²) in [5.74, 6) is -0.699. The number of hydrogen-bond acceptors (Lipinski definition) is 7. The van der Waals surface area contributed by atoms with Crippen molar-refractivity contribution in [2.45, 2.75) is 32.5 Å². The topological polar surface area (TPSA) is 119 Å². The third-order valence-electron chi connectivity index (χ3n) is 3.95. The molecule has 2 aromatic carbocycles. The molecule has 2 aromatic rings. The van der Waals surface area contributed by atoms with E-state index < -0.39 is 28.7 Å².